The molecule has 0 bridgehead atoms. The molecule has 0 aromatic heterocycles. The third-order valence-corrected chi connectivity index (χ3v) is 3.54. The van der Waals surface area contributed by atoms with Gasteiger partial charge in [0.05, 0.1) is 5.54 Å². The third kappa shape index (κ3) is 2.76. The van der Waals surface area contributed by atoms with Crippen molar-refractivity contribution in [2.45, 2.75) is 37.3 Å². The molecule has 2 aliphatic carbocycles. The lowest BCUT2D eigenvalue weighted by atomic mass is 10.1. The normalized spacial score (nSPS) is 19.6. The Morgan fingerprint density at radius 3 is 2.63 bits per heavy atom. The van der Waals surface area contributed by atoms with E-state index in [9.17, 15) is 9.59 Å². The molecule has 1 aromatic rings. The third-order valence-electron chi connectivity index (χ3n) is 3.54. The quantitative estimate of drug-likeness (QED) is 0.754. The zero-order valence-corrected chi connectivity index (χ0v) is 10.6. The molecule has 2 saturated carbocycles. The number of carbonyl (C=O) groups is 2. The standard InChI is InChI=1S/C14H17N3O2/c15-14(6-7-14)13(19)17-11-3-1-2-9(8-11)12(18)16-10-4-5-10/h1-3,8,10H,4-7,15H2,(H,16,18)(H,17,19). The lowest BCUT2D eigenvalue weighted by molar-refractivity contribution is -0.118. The lowest BCUT2D eigenvalue weighted by Gasteiger charge is -2.11. The maximum Gasteiger partial charge on any atom is 0.251 e. The van der Waals surface area contributed by atoms with Crippen LogP contribution in [0, 0.1) is 0 Å². The fourth-order valence-electron chi connectivity index (χ4n) is 1.85. The number of carbonyl (C=O) groups excluding carboxylic acids is 2. The summed E-state index contributed by atoms with van der Waals surface area (Å²) >= 11 is 0. The highest BCUT2D eigenvalue weighted by Gasteiger charge is 2.45. The van der Waals surface area contributed by atoms with E-state index in [-0.39, 0.29) is 11.8 Å². The SMILES string of the molecule is NC1(C(=O)Nc2cccc(C(=O)NC3CC3)c2)CC1. The van der Waals surface area contributed by atoms with E-state index >= 15 is 0 Å². The first-order valence-electron chi connectivity index (χ1n) is 6.58. The average Bonchev–Trinajstić information content (AvgIpc) is 3.28. The minimum absolute atomic E-state index is 0.0903. The van der Waals surface area contributed by atoms with Crippen LogP contribution in [0.5, 0.6) is 0 Å². The summed E-state index contributed by atoms with van der Waals surface area (Å²) in [5, 5.41) is 5.68. The van der Waals surface area contributed by atoms with Gasteiger partial charge in [0.2, 0.25) is 5.91 Å². The first kappa shape index (κ1) is 12.2. The van der Waals surface area contributed by atoms with Crippen LogP contribution in [0.3, 0.4) is 0 Å². The molecule has 0 atom stereocenters. The van der Waals surface area contributed by atoms with Crippen molar-refractivity contribution in [3.05, 3.63) is 29.8 Å². The molecular weight excluding hydrogens is 242 g/mol. The highest BCUT2D eigenvalue weighted by atomic mass is 16.2. The van der Waals surface area contributed by atoms with Crippen LogP contribution in [0.1, 0.15) is 36.0 Å². The lowest BCUT2D eigenvalue weighted by Crippen LogP contribution is -2.37. The van der Waals surface area contributed by atoms with Crippen molar-refractivity contribution in [2.75, 3.05) is 5.32 Å². The van der Waals surface area contributed by atoms with Gasteiger partial charge in [-0.1, -0.05) is 6.07 Å². The number of nitrogens with one attached hydrogen (secondary N) is 2. The molecule has 19 heavy (non-hydrogen) atoms. The van der Waals surface area contributed by atoms with Crippen LogP contribution in [-0.4, -0.2) is 23.4 Å². The highest BCUT2D eigenvalue weighted by molar-refractivity contribution is 6.01. The maximum absolute atomic E-state index is 11.9. The van der Waals surface area contributed by atoms with Gasteiger partial charge in [-0.15, -0.1) is 0 Å². The number of nitrogens with two attached hydrogens (primary N) is 1. The van der Waals surface area contributed by atoms with Gasteiger partial charge in [0, 0.05) is 17.3 Å². The van der Waals surface area contributed by atoms with Gasteiger partial charge in [0.1, 0.15) is 0 Å². The first-order valence-corrected chi connectivity index (χ1v) is 6.58. The van der Waals surface area contributed by atoms with Crippen molar-refractivity contribution in [1.82, 2.24) is 5.32 Å². The molecule has 0 saturated heterocycles. The van der Waals surface area contributed by atoms with E-state index in [1.54, 1.807) is 24.3 Å². The van der Waals surface area contributed by atoms with Crippen LogP contribution in [-0.2, 0) is 4.79 Å². The molecule has 2 aliphatic rings. The van der Waals surface area contributed by atoms with Crippen LogP contribution in [0.4, 0.5) is 5.69 Å². The summed E-state index contributed by atoms with van der Waals surface area (Å²) in [5.41, 5.74) is 6.29. The smallest absolute Gasteiger partial charge is 0.251 e. The first-order chi connectivity index (χ1) is 9.07. The van der Waals surface area contributed by atoms with E-state index in [0.717, 1.165) is 25.7 Å². The van der Waals surface area contributed by atoms with Gasteiger partial charge in [-0.25, -0.2) is 0 Å². The van der Waals surface area contributed by atoms with Crippen molar-refractivity contribution in [2.24, 2.45) is 5.73 Å². The molecule has 5 nitrogen and oxygen atoms in total. The summed E-state index contributed by atoms with van der Waals surface area (Å²) in [6.07, 6.45) is 3.55. The summed E-state index contributed by atoms with van der Waals surface area (Å²) in [5.74, 6) is -0.264. The fourth-order valence-corrected chi connectivity index (χ4v) is 1.85. The minimum Gasteiger partial charge on any atom is -0.349 e. The summed E-state index contributed by atoms with van der Waals surface area (Å²) in [4.78, 5) is 23.7. The summed E-state index contributed by atoms with van der Waals surface area (Å²) in [6.45, 7) is 0. The van der Waals surface area contributed by atoms with Gasteiger partial charge in [-0.05, 0) is 43.9 Å². The van der Waals surface area contributed by atoms with Crippen molar-refractivity contribution in [3.8, 4) is 0 Å². The highest BCUT2D eigenvalue weighted by Crippen LogP contribution is 2.33. The number of benzene rings is 1. The van der Waals surface area contributed by atoms with Crippen LogP contribution < -0.4 is 16.4 Å². The number of hydrogen-bond donors (Lipinski definition) is 3. The van der Waals surface area contributed by atoms with Gasteiger partial charge in [-0.3, -0.25) is 9.59 Å². The maximum atomic E-state index is 11.9. The zero-order chi connectivity index (χ0) is 13.5. The van der Waals surface area contributed by atoms with E-state index < -0.39 is 5.54 Å². The molecule has 0 unspecified atom stereocenters. The molecule has 0 radical (unpaired) electrons. The summed E-state index contributed by atoms with van der Waals surface area (Å²) < 4.78 is 0. The van der Waals surface area contributed by atoms with E-state index in [0.29, 0.717) is 17.3 Å². The molecule has 3 rings (SSSR count). The van der Waals surface area contributed by atoms with E-state index in [4.69, 9.17) is 5.73 Å². The molecule has 0 spiro atoms. The van der Waals surface area contributed by atoms with Crippen LogP contribution in [0.2, 0.25) is 0 Å². The van der Waals surface area contributed by atoms with Crippen LogP contribution in [0.15, 0.2) is 24.3 Å². The van der Waals surface area contributed by atoms with Crippen molar-refractivity contribution in [1.29, 1.82) is 0 Å². The van der Waals surface area contributed by atoms with Crippen molar-refractivity contribution in [3.63, 3.8) is 0 Å². The molecular formula is C14H17N3O2. The predicted octanol–water partition coefficient (Wildman–Crippen LogP) is 1.01. The molecule has 0 heterocycles. The Labute approximate surface area is 111 Å². The molecule has 100 valence electrons. The second-order valence-corrected chi connectivity index (χ2v) is 5.44. The molecule has 2 fully saturated rings. The second-order valence-electron chi connectivity index (χ2n) is 5.44. The zero-order valence-electron chi connectivity index (χ0n) is 10.6. The van der Waals surface area contributed by atoms with E-state index in [1.165, 1.54) is 0 Å². The Bertz CT molecular complexity index is 533. The van der Waals surface area contributed by atoms with E-state index in [2.05, 4.69) is 10.6 Å². The van der Waals surface area contributed by atoms with Gasteiger partial charge >= 0.3 is 0 Å². The predicted molar refractivity (Wildman–Crippen MR) is 71.7 cm³/mol. The van der Waals surface area contributed by atoms with E-state index in [1.807, 2.05) is 0 Å². The van der Waals surface area contributed by atoms with Crippen molar-refractivity contribution < 1.29 is 9.59 Å². The van der Waals surface area contributed by atoms with Crippen LogP contribution in [0.25, 0.3) is 0 Å². The average molecular weight is 259 g/mol. The second kappa shape index (κ2) is 4.35. The Balaban J connectivity index is 1.68. The Morgan fingerprint density at radius 2 is 2.00 bits per heavy atom. The number of hydrogen-bond acceptors (Lipinski definition) is 3. The Morgan fingerprint density at radius 1 is 1.26 bits per heavy atom. The minimum atomic E-state index is -0.702. The molecule has 4 N–H and O–H groups in total. The summed E-state index contributed by atoms with van der Waals surface area (Å²) in [7, 11) is 0. The number of rotatable bonds is 4. The van der Waals surface area contributed by atoms with Gasteiger partial charge in [0.25, 0.3) is 5.91 Å². The monoisotopic (exact) mass is 259 g/mol. The Hall–Kier alpha value is -1.88. The molecule has 0 aliphatic heterocycles. The van der Waals surface area contributed by atoms with Gasteiger partial charge in [0.15, 0.2) is 0 Å². The Kier molecular flexibility index (Phi) is 2.78. The molecule has 5 heteroatoms. The fraction of sp³-hybridized carbons (Fsp3) is 0.429. The van der Waals surface area contributed by atoms with Crippen LogP contribution >= 0.6 is 0 Å². The number of anilines is 1. The topological polar surface area (TPSA) is 84.2 Å². The van der Waals surface area contributed by atoms with Gasteiger partial charge in [-0.2, -0.15) is 0 Å². The van der Waals surface area contributed by atoms with Crippen molar-refractivity contribution >= 4 is 17.5 Å². The largest absolute Gasteiger partial charge is 0.349 e. The molecule has 1 aromatic carbocycles. The molecule has 2 amide bonds. The van der Waals surface area contributed by atoms with Gasteiger partial charge < -0.3 is 16.4 Å². The number of amides is 2. The summed E-state index contributed by atoms with van der Waals surface area (Å²) in [6, 6.07) is 7.26.